The molecule has 0 aromatic heterocycles. The number of nitrogens with one attached hydrogen (secondary N) is 1. The number of amidine groups is 1. The zero-order valence-electron chi connectivity index (χ0n) is 21.4. The third kappa shape index (κ3) is 7.33. The molecule has 2 aromatic carbocycles. The van der Waals surface area contributed by atoms with Crippen molar-refractivity contribution in [3.63, 3.8) is 0 Å². The van der Waals surface area contributed by atoms with Gasteiger partial charge in [0.1, 0.15) is 11.6 Å². The molecule has 2 aliphatic heterocycles. The summed E-state index contributed by atoms with van der Waals surface area (Å²) >= 11 is 1.03. The van der Waals surface area contributed by atoms with Crippen molar-refractivity contribution in [2.75, 3.05) is 16.4 Å². The maximum absolute atomic E-state index is 13.5. The Morgan fingerprint density at radius 3 is 2.44 bits per heavy atom. The number of thioether (sulfide) groups is 1. The summed E-state index contributed by atoms with van der Waals surface area (Å²) in [6, 6.07) is 11.6. The van der Waals surface area contributed by atoms with Crippen molar-refractivity contribution in [3.05, 3.63) is 65.7 Å². The van der Waals surface area contributed by atoms with Crippen molar-refractivity contribution in [3.8, 4) is 0 Å². The van der Waals surface area contributed by atoms with Crippen LogP contribution in [-0.4, -0.2) is 60.0 Å². The molecule has 8 nitrogen and oxygen atoms in total. The largest absolute Gasteiger partial charge is 0.444 e. The lowest BCUT2D eigenvalue weighted by molar-refractivity contribution is -0.137. The van der Waals surface area contributed by atoms with Crippen LogP contribution >= 0.6 is 11.8 Å². The molecule has 2 fully saturated rings. The maximum Gasteiger partial charge on any atom is 0.416 e. The van der Waals surface area contributed by atoms with Crippen LogP contribution in [0.3, 0.4) is 0 Å². The first-order chi connectivity index (χ1) is 18.1. The lowest BCUT2D eigenvalue weighted by Crippen LogP contribution is -2.45. The smallest absolute Gasteiger partial charge is 0.416 e. The van der Waals surface area contributed by atoms with Crippen LogP contribution in [0.1, 0.15) is 31.9 Å². The number of nitrogens with zero attached hydrogens (tertiary/aromatic N) is 2. The highest BCUT2D eigenvalue weighted by Gasteiger charge is 2.50. The molecule has 0 radical (unpaired) electrons. The van der Waals surface area contributed by atoms with Gasteiger partial charge in [-0.15, -0.1) is 0 Å². The Kier molecular flexibility index (Phi) is 8.04. The number of carbonyl (C=O) groups is 2. The molecule has 3 atom stereocenters. The van der Waals surface area contributed by atoms with Crippen LogP contribution in [0.15, 0.2) is 59.6 Å². The van der Waals surface area contributed by atoms with E-state index in [1.807, 2.05) is 0 Å². The molecule has 2 amide bonds. The van der Waals surface area contributed by atoms with Crippen LogP contribution in [0.5, 0.6) is 0 Å². The van der Waals surface area contributed by atoms with Crippen LogP contribution < -0.4 is 10.2 Å². The van der Waals surface area contributed by atoms with Gasteiger partial charge in [-0.25, -0.2) is 13.2 Å². The van der Waals surface area contributed by atoms with Gasteiger partial charge in [-0.2, -0.15) is 18.2 Å². The zero-order chi connectivity index (χ0) is 28.6. The van der Waals surface area contributed by atoms with E-state index in [-0.39, 0.29) is 28.8 Å². The third-order valence-corrected chi connectivity index (χ3v) is 9.21. The number of amides is 2. The number of fused-ring (bicyclic) bond motifs is 1. The average Bonchev–Trinajstić information content (AvgIpc) is 3.28. The maximum atomic E-state index is 13.5. The Bertz CT molecular complexity index is 1380. The number of alkyl carbamates (subject to hydrolysis) is 1. The summed E-state index contributed by atoms with van der Waals surface area (Å²) in [7, 11) is -3.43. The van der Waals surface area contributed by atoms with E-state index in [1.165, 1.54) is 17.0 Å². The van der Waals surface area contributed by atoms with Crippen molar-refractivity contribution in [2.45, 2.75) is 56.3 Å². The molecular formula is C26H28F3N3O5S2. The Morgan fingerprint density at radius 1 is 1.10 bits per heavy atom. The van der Waals surface area contributed by atoms with E-state index in [9.17, 15) is 31.2 Å². The highest BCUT2D eigenvalue weighted by Crippen LogP contribution is 2.42. The molecule has 1 N–H and O–H groups in total. The number of anilines is 1. The van der Waals surface area contributed by atoms with Crippen molar-refractivity contribution < 1.29 is 35.9 Å². The minimum absolute atomic E-state index is 0.0770. The molecule has 210 valence electrons. The zero-order valence-corrected chi connectivity index (χ0v) is 23.1. The number of hydrogen-bond acceptors (Lipinski definition) is 6. The summed E-state index contributed by atoms with van der Waals surface area (Å²) in [5.74, 6) is -1.21. The predicted octanol–water partition coefficient (Wildman–Crippen LogP) is 4.44. The second kappa shape index (κ2) is 10.8. The number of benzene rings is 2. The fourth-order valence-corrected chi connectivity index (χ4v) is 8.29. The first kappa shape index (κ1) is 28.9. The number of halogens is 3. The van der Waals surface area contributed by atoms with E-state index in [2.05, 4.69) is 10.3 Å². The first-order valence-corrected chi connectivity index (χ1v) is 14.8. The Labute approximate surface area is 228 Å². The number of aliphatic imine (C=N–C) groups is 1. The van der Waals surface area contributed by atoms with Crippen molar-refractivity contribution in [2.24, 2.45) is 4.99 Å². The molecule has 0 unspecified atom stereocenters. The van der Waals surface area contributed by atoms with Crippen molar-refractivity contribution in [1.82, 2.24) is 5.32 Å². The van der Waals surface area contributed by atoms with Gasteiger partial charge in [0.15, 0.2) is 15.0 Å². The van der Waals surface area contributed by atoms with Gasteiger partial charge < -0.3 is 15.0 Å². The number of alkyl halides is 3. The van der Waals surface area contributed by atoms with Crippen LogP contribution in [0, 0.1) is 0 Å². The van der Waals surface area contributed by atoms with Gasteiger partial charge in [0.05, 0.1) is 23.1 Å². The topological polar surface area (TPSA) is 105 Å². The Balaban J connectivity index is 1.69. The van der Waals surface area contributed by atoms with Gasteiger partial charge in [-0.05, 0) is 44.5 Å². The van der Waals surface area contributed by atoms with Crippen molar-refractivity contribution >= 4 is 44.5 Å². The number of rotatable bonds is 5. The molecule has 0 aliphatic carbocycles. The molecule has 0 spiro atoms. The molecule has 2 aromatic rings. The predicted molar refractivity (Wildman–Crippen MR) is 143 cm³/mol. The molecule has 13 heteroatoms. The normalized spacial score (nSPS) is 22.4. The van der Waals surface area contributed by atoms with Gasteiger partial charge >= 0.3 is 12.3 Å². The van der Waals surface area contributed by atoms with Gasteiger partial charge in [-0.1, -0.05) is 48.2 Å². The minimum Gasteiger partial charge on any atom is -0.444 e. The number of carbonyl (C=O) groups excluding carboxylic acids is 2. The molecule has 4 rings (SSSR count). The Morgan fingerprint density at radius 2 is 1.79 bits per heavy atom. The quantitative estimate of drug-likeness (QED) is 0.555. The van der Waals surface area contributed by atoms with Gasteiger partial charge in [0.25, 0.3) is 5.91 Å². The van der Waals surface area contributed by atoms with Crippen LogP contribution in [0.2, 0.25) is 0 Å². The first-order valence-electron chi connectivity index (χ1n) is 12.1. The molecule has 2 saturated heterocycles. The molecular weight excluding hydrogens is 555 g/mol. The van der Waals surface area contributed by atoms with Crippen molar-refractivity contribution in [1.29, 1.82) is 0 Å². The lowest BCUT2D eigenvalue weighted by Gasteiger charge is -2.26. The van der Waals surface area contributed by atoms with E-state index in [0.717, 1.165) is 29.5 Å². The summed E-state index contributed by atoms with van der Waals surface area (Å²) in [6.45, 7) is 5.03. The van der Waals surface area contributed by atoms with Crippen LogP contribution in [0.4, 0.5) is 23.7 Å². The van der Waals surface area contributed by atoms with Gasteiger partial charge in [-0.3, -0.25) is 4.79 Å². The second-order valence-electron chi connectivity index (χ2n) is 10.3. The fraction of sp³-hybridized carbons (Fsp3) is 0.423. The summed E-state index contributed by atoms with van der Waals surface area (Å²) in [5, 5.41) is 2.12. The molecule has 0 bridgehead atoms. The van der Waals surface area contributed by atoms with E-state index in [4.69, 9.17) is 4.74 Å². The standard InChI is InChI=1S/C26H28F3N3O5S2/c1-25(2,3)37-24(34)30-19(12-16-8-5-4-6-9-16)22(33)31-23-32(20-14-39(35,36)15-21(20)38-23)18-11-7-10-17(13-18)26(27,28)29/h4-11,13,19-21H,12,14-15H2,1-3H3,(H,30,34)/t19-,20-,21-/m0/s1. The fourth-order valence-electron chi connectivity index (χ4n) is 4.37. The van der Waals surface area contributed by atoms with E-state index in [1.54, 1.807) is 51.1 Å². The highest BCUT2D eigenvalue weighted by molar-refractivity contribution is 8.16. The lowest BCUT2D eigenvalue weighted by atomic mass is 10.1. The monoisotopic (exact) mass is 583 g/mol. The summed E-state index contributed by atoms with van der Waals surface area (Å²) in [4.78, 5) is 31.6. The highest BCUT2D eigenvalue weighted by atomic mass is 32.2. The second-order valence-corrected chi connectivity index (χ2v) is 13.7. The van der Waals surface area contributed by atoms with Crippen LogP contribution in [-0.2, 0) is 32.0 Å². The summed E-state index contributed by atoms with van der Waals surface area (Å²) in [5.41, 5.74) is -0.911. The molecule has 39 heavy (non-hydrogen) atoms. The van der Waals surface area contributed by atoms with E-state index >= 15 is 0 Å². The SMILES string of the molecule is CC(C)(C)OC(=O)N[C@@H](Cc1ccccc1)C(=O)N=C1S[C@H]2CS(=O)(=O)C[C@@H]2N1c1cccc(C(F)(F)F)c1. The third-order valence-electron chi connectivity index (χ3n) is 6.00. The number of ether oxygens (including phenoxy) is 1. The van der Waals surface area contributed by atoms with Gasteiger partial charge in [0.2, 0.25) is 0 Å². The average molecular weight is 584 g/mol. The summed E-state index contributed by atoms with van der Waals surface area (Å²) in [6.07, 6.45) is -5.35. The van der Waals surface area contributed by atoms with Gasteiger partial charge in [0, 0.05) is 17.4 Å². The summed E-state index contributed by atoms with van der Waals surface area (Å²) < 4.78 is 70.3. The van der Waals surface area contributed by atoms with Crippen LogP contribution in [0.25, 0.3) is 0 Å². The minimum atomic E-state index is -4.62. The molecule has 2 heterocycles. The number of hydrogen-bond donors (Lipinski definition) is 1. The number of sulfone groups is 1. The molecule has 2 aliphatic rings. The van der Waals surface area contributed by atoms with E-state index < -0.39 is 56.5 Å². The Hall–Kier alpha value is -3.06. The molecule has 0 saturated carbocycles. The van der Waals surface area contributed by atoms with E-state index in [0.29, 0.717) is 0 Å².